The smallest absolute Gasteiger partial charge is 0.233 e. The molecule has 2 aliphatic heterocycles. The van der Waals surface area contributed by atoms with E-state index < -0.39 is 0 Å². The lowest BCUT2D eigenvalue weighted by atomic mass is 9.97. The summed E-state index contributed by atoms with van der Waals surface area (Å²) in [5.41, 5.74) is 2.30. The zero-order valence-corrected chi connectivity index (χ0v) is 14.4. The number of rotatable bonds is 3. The van der Waals surface area contributed by atoms with Crippen molar-refractivity contribution in [2.75, 3.05) is 27.2 Å². The molecule has 0 aromatic heterocycles. The standard InChI is InChI=1S/C18H31N2O/c1-14-12-15(2)18(21)19(16(3)13-14)10-9-17-8-6-7-11-20(17,4)5/h12-13,15,17H,6-11H2,1-5H3/q+1/t15-,17-/m1/s1. The topological polar surface area (TPSA) is 20.3 Å². The quantitative estimate of drug-likeness (QED) is 0.730. The molecule has 2 atom stereocenters. The zero-order chi connectivity index (χ0) is 15.6. The zero-order valence-electron chi connectivity index (χ0n) is 14.4. The van der Waals surface area contributed by atoms with E-state index in [-0.39, 0.29) is 11.8 Å². The summed E-state index contributed by atoms with van der Waals surface area (Å²) in [7, 11) is 4.68. The van der Waals surface area contributed by atoms with Gasteiger partial charge in [0.2, 0.25) is 5.91 Å². The molecule has 21 heavy (non-hydrogen) atoms. The number of quaternary nitrogens is 1. The van der Waals surface area contributed by atoms with Crippen LogP contribution in [0.25, 0.3) is 0 Å². The van der Waals surface area contributed by atoms with E-state index in [9.17, 15) is 4.79 Å². The van der Waals surface area contributed by atoms with Gasteiger partial charge in [-0.2, -0.15) is 0 Å². The number of allylic oxidation sites excluding steroid dienone is 3. The van der Waals surface area contributed by atoms with Crippen LogP contribution in [-0.2, 0) is 4.79 Å². The molecule has 0 spiro atoms. The molecule has 2 heterocycles. The molecule has 0 saturated carbocycles. The summed E-state index contributed by atoms with van der Waals surface area (Å²) in [6.45, 7) is 8.28. The summed E-state index contributed by atoms with van der Waals surface area (Å²) < 4.78 is 1.11. The highest BCUT2D eigenvalue weighted by molar-refractivity contribution is 5.82. The average molecular weight is 291 g/mol. The summed E-state index contributed by atoms with van der Waals surface area (Å²) >= 11 is 0. The van der Waals surface area contributed by atoms with Gasteiger partial charge < -0.3 is 9.38 Å². The molecule has 0 bridgehead atoms. The van der Waals surface area contributed by atoms with E-state index in [2.05, 4.69) is 40.1 Å². The average Bonchev–Trinajstić information content (AvgIpc) is 2.47. The number of likely N-dealkylation sites (tertiary alicyclic amines) is 1. The van der Waals surface area contributed by atoms with E-state index in [1.54, 1.807) is 0 Å². The first-order chi connectivity index (χ1) is 9.81. The molecular formula is C18H31N2O+. The molecule has 1 fully saturated rings. The van der Waals surface area contributed by atoms with Gasteiger partial charge in [-0.25, -0.2) is 0 Å². The lowest BCUT2D eigenvalue weighted by Gasteiger charge is -2.42. The number of carbonyl (C=O) groups excluding carboxylic acids is 1. The van der Waals surface area contributed by atoms with Gasteiger partial charge in [0.25, 0.3) is 0 Å². The maximum absolute atomic E-state index is 12.6. The molecule has 1 saturated heterocycles. The highest BCUT2D eigenvalue weighted by Gasteiger charge is 2.32. The van der Waals surface area contributed by atoms with Crippen molar-refractivity contribution >= 4 is 5.91 Å². The van der Waals surface area contributed by atoms with Crippen LogP contribution in [0.1, 0.15) is 46.5 Å². The van der Waals surface area contributed by atoms with Crippen molar-refractivity contribution in [3.05, 3.63) is 23.4 Å². The van der Waals surface area contributed by atoms with Gasteiger partial charge in [0.1, 0.15) is 0 Å². The Morgan fingerprint density at radius 2 is 2.00 bits per heavy atom. The van der Waals surface area contributed by atoms with Crippen molar-refractivity contribution in [3.63, 3.8) is 0 Å². The van der Waals surface area contributed by atoms with E-state index in [0.29, 0.717) is 6.04 Å². The first-order valence-electron chi connectivity index (χ1n) is 8.32. The molecule has 3 nitrogen and oxygen atoms in total. The molecule has 0 unspecified atom stereocenters. The van der Waals surface area contributed by atoms with E-state index in [1.165, 1.54) is 31.4 Å². The molecule has 0 aliphatic carbocycles. The SMILES string of the molecule is CC1=C[C@@H](C)C(=O)N(CC[C@H]2CCCC[N+]2(C)C)C(C)=C1. The first-order valence-corrected chi connectivity index (χ1v) is 8.32. The monoisotopic (exact) mass is 291 g/mol. The lowest BCUT2D eigenvalue weighted by Crippen LogP contribution is -2.53. The highest BCUT2D eigenvalue weighted by Crippen LogP contribution is 2.26. The molecule has 0 N–H and O–H groups in total. The summed E-state index contributed by atoms with van der Waals surface area (Å²) in [6, 6.07) is 0.687. The molecule has 118 valence electrons. The molecular weight excluding hydrogens is 260 g/mol. The third-order valence-electron chi connectivity index (χ3n) is 5.23. The summed E-state index contributed by atoms with van der Waals surface area (Å²) in [5.74, 6) is 0.245. The fraction of sp³-hybridized carbons (Fsp3) is 0.722. The second kappa shape index (κ2) is 6.35. The van der Waals surface area contributed by atoms with Crippen LogP contribution in [0.3, 0.4) is 0 Å². The molecule has 2 rings (SSSR count). The van der Waals surface area contributed by atoms with Crippen LogP contribution in [0.4, 0.5) is 0 Å². The third-order valence-corrected chi connectivity index (χ3v) is 5.23. The van der Waals surface area contributed by atoms with Crippen LogP contribution in [0.2, 0.25) is 0 Å². The largest absolute Gasteiger partial charge is 0.326 e. The van der Waals surface area contributed by atoms with Gasteiger partial charge in [-0.15, -0.1) is 0 Å². The fourth-order valence-electron chi connectivity index (χ4n) is 3.83. The van der Waals surface area contributed by atoms with Crippen molar-refractivity contribution < 1.29 is 9.28 Å². The van der Waals surface area contributed by atoms with Gasteiger partial charge in [0.05, 0.1) is 32.6 Å². The molecule has 0 aromatic carbocycles. The first kappa shape index (κ1) is 16.3. The number of nitrogens with zero attached hydrogens (tertiary/aromatic N) is 2. The molecule has 2 aliphatic rings. The van der Waals surface area contributed by atoms with Crippen molar-refractivity contribution in [1.82, 2.24) is 4.90 Å². The van der Waals surface area contributed by atoms with E-state index in [1.807, 2.05) is 11.8 Å². The third kappa shape index (κ3) is 3.76. The lowest BCUT2D eigenvalue weighted by molar-refractivity contribution is -0.920. The number of piperidine rings is 1. The van der Waals surface area contributed by atoms with Crippen molar-refractivity contribution in [1.29, 1.82) is 0 Å². The summed E-state index contributed by atoms with van der Waals surface area (Å²) in [5, 5.41) is 0. The Morgan fingerprint density at radius 1 is 1.29 bits per heavy atom. The van der Waals surface area contributed by atoms with Gasteiger partial charge in [-0.05, 0) is 39.2 Å². The van der Waals surface area contributed by atoms with Crippen molar-refractivity contribution in [2.24, 2.45) is 5.92 Å². The van der Waals surface area contributed by atoms with Gasteiger partial charge in [-0.1, -0.05) is 18.6 Å². The van der Waals surface area contributed by atoms with Crippen LogP contribution in [-0.4, -0.2) is 48.5 Å². The second-order valence-corrected chi connectivity index (χ2v) is 7.42. The van der Waals surface area contributed by atoms with Crippen molar-refractivity contribution in [2.45, 2.75) is 52.5 Å². The van der Waals surface area contributed by atoms with Crippen LogP contribution < -0.4 is 0 Å². The highest BCUT2D eigenvalue weighted by atomic mass is 16.2. The second-order valence-electron chi connectivity index (χ2n) is 7.42. The maximum Gasteiger partial charge on any atom is 0.233 e. The summed E-state index contributed by atoms with van der Waals surface area (Å²) in [6.07, 6.45) is 9.30. The van der Waals surface area contributed by atoms with Gasteiger partial charge in [0, 0.05) is 18.7 Å². The fourth-order valence-corrected chi connectivity index (χ4v) is 3.83. The normalized spacial score (nSPS) is 29.8. The predicted octanol–water partition coefficient (Wildman–Crippen LogP) is 3.33. The minimum absolute atomic E-state index is 0.00689. The van der Waals surface area contributed by atoms with Crippen LogP contribution in [0.15, 0.2) is 23.4 Å². The summed E-state index contributed by atoms with van der Waals surface area (Å²) in [4.78, 5) is 14.6. The Bertz CT molecular complexity index is 462. The van der Waals surface area contributed by atoms with E-state index >= 15 is 0 Å². The Labute approximate surface area is 129 Å². The van der Waals surface area contributed by atoms with Gasteiger partial charge in [-0.3, -0.25) is 4.79 Å². The number of amides is 1. The number of carbonyl (C=O) groups is 1. The van der Waals surface area contributed by atoms with Crippen molar-refractivity contribution in [3.8, 4) is 0 Å². The minimum atomic E-state index is -0.00689. The number of hydrogen-bond acceptors (Lipinski definition) is 1. The molecule has 3 heteroatoms. The van der Waals surface area contributed by atoms with Crippen LogP contribution in [0, 0.1) is 5.92 Å². The molecule has 0 radical (unpaired) electrons. The minimum Gasteiger partial charge on any atom is -0.326 e. The number of hydrogen-bond donors (Lipinski definition) is 0. The van der Waals surface area contributed by atoms with Gasteiger partial charge in [0.15, 0.2) is 0 Å². The molecule has 1 amide bonds. The maximum atomic E-state index is 12.6. The Kier molecular flexibility index (Phi) is 4.92. The Hall–Kier alpha value is -1.09. The Balaban J connectivity index is 2.04. The Morgan fingerprint density at radius 3 is 2.67 bits per heavy atom. The van der Waals surface area contributed by atoms with E-state index in [4.69, 9.17) is 0 Å². The predicted molar refractivity (Wildman–Crippen MR) is 87.6 cm³/mol. The van der Waals surface area contributed by atoms with Crippen LogP contribution in [0.5, 0.6) is 0 Å². The van der Waals surface area contributed by atoms with E-state index in [0.717, 1.165) is 23.1 Å². The van der Waals surface area contributed by atoms with Crippen LogP contribution >= 0.6 is 0 Å². The van der Waals surface area contributed by atoms with Gasteiger partial charge >= 0.3 is 0 Å². The molecule has 0 aromatic rings.